The molecular formula is C26H22ClN3O4S2. The van der Waals surface area contributed by atoms with Crippen molar-refractivity contribution in [2.75, 3.05) is 31.1 Å². The molecule has 0 spiro atoms. The molecule has 36 heavy (non-hydrogen) atoms. The number of piperazine rings is 1. The van der Waals surface area contributed by atoms with Crippen molar-refractivity contribution >= 4 is 56.3 Å². The van der Waals surface area contributed by atoms with E-state index in [-0.39, 0.29) is 16.6 Å². The summed E-state index contributed by atoms with van der Waals surface area (Å²) >= 11 is 7.47. The molecule has 0 atom stereocenters. The molecule has 7 nitrogen and oxygen atoms in total. The lowest BCUT2D eigenvalue weighted by molar-refractivity contribution is -0.113. The van der Waals surface area contributed by atoms with Gasteiger partial charge in [-0.25, -0.2) is 0 Å². The van der Waals surface area contributed by atoms with Crippen molar-refractivity contribution < 1.29 is 17.4 Å². The van der Waals surface area contributed by atoms with E-state index >= 15 is 0 Å². The maximum absolute atomic E-state index is 12.5. The lowest BCUT2D eigenvalue weighted by Crippen LogP contribution is -2.47. The first-order chi connectivity index (χ1) is 17.4. The van der Waals surface area contributed by atoms with Crippen LogP contribution >= 0.6 is 23.4 Å². The number of hydrogen-bond acceptors (Lipinski definition) is 7. The second-order valence-electron chi connectivity index (χ2n) is 8.18. The summed E-state index contributed by atoms with van der Waals surface area (Å²) in [5.41, 5.74) is 1.83. The maximum atomic E-state index is 12.5. The Labute approximate surface area is 219 Å². The SMILES string of the molecule is O=C1N=C(N2CCN(c3cccc(Cl)c3)CC2)S/C1=C\c1ccc(OS(=O)(=O)c2ccccc2)cc1. The molecule has 0 aliphatic carbocycles. The Morgan fingerprint density at radius 1 is 0.889 bits per heavy atom. The number of carbonyl (C=O) groups excluding carboxylic acids is 1. The van der Waals surface area contributed by atoms with E-state index in [1.165, 1.54) is 23.9 Å². The third kappa shape index (κ3) is 5.59. The number of benzene rings is 3. The van der Waals surface area contributed by atoms with Crippen molar-refractivity contribution in [3.63, 3.8) is 0 Å². The molecule has 1 saturated heterocycles. The van der Waals surface area contributed by atoms with Crippen LogP contribution < -0.4 is 9.08 Å². The average molecular weight is 540 g/mol. The Morgan fingerprint density at radius 3 is 2.28 bits per heavy atom. The molecule has 0 aromatic heterocycles. The van der Waals surface area contributed by atoms with Crippen LogP contribution in [0.5, 0.6) is 5.75 Å². The Kier molecular flexibility index (Phi) is 7.04. The number of thioether (sulfide) groups is 1. The van der Waals surface area contributed by atoms with Gasteiger partial charge in [-0.2, -0.15) is 13.4 Å². The number of carbonyl (C=O) groups is 1. The number of amides is 1. The van der Waals surface area contributed by atoms with Crippen LogP contribution in [0.2, 0.25) is 5.02 Å². The highest BCUT2D eigenvalue weighted by molar-refractivity contribution is 8.18. The second-order valence-corrected chi connectivity index (χ2v) is 11.2. The fourth-order valence-electron chi connectivity index (χ4n) is 3.89. The van der Waals surface area contributed by atoms with E-state index in [2.05, 4.69) is 14.8 Å². The molecule has 5 rings (SSSR count). The van der Waals surface area contributed by atoms with E-state index in [0.717, 1.165) is 37.4 Å². The first kappa shape index (κ1) is 24.4. The molecule has 1 amide bonds. The largest absolute Gasteiger partial charge is 0.379 e. The molecule has 1 fully saturated rings. The topological polar surface area (TPSA) is 79.3 Å². The number of amidine groups is 1. The highest BCUT2D eigenvalue weighted by Gasteiger charge is 2.28. The quantitative estimate of drug-likeness (QED) is 0.337. The summed E-state index contributed by atoms with van der Waals surface area (Å²) in [6, 6.07) is 22.3. The number of nitrogens with zero attached hydrogens (tertiary/aromatic N) is 3. The monoisotopic (exact) mass is 539 g/mol. The van der Waals surface area contributed by atoms with Crippen molar-refractivity contribution in [2.45, 2.75) is 4.90 Å². The zero-order chi connectivity index (χ0) is 25.1. The van der Waals surface area contributed by atoms with Gasteiger partial charge in [0.2, 0.25) is 0 Å². The van der Waals surface area contributed by atoms with E-state index in [9.17, 15) is 13.2 Å². The summed E-state index contributed by atoms with van der Waals surface area (Å²) in [7, 11) is -3.91. The van der Waals surface area contributed by atoms with Gasteiger partial charge in [0.05, 0.1) is 4.91 Å². The summed E-state index contributed by atoms with van der Waals surface area (Å²) in [5.74, 6) is -0.0832. The molecule has 3 aromatic carbocycles. The van der Waals surface area contributed by atoms with Crippen LogP contribution in [0.4, 0.5) is 5.69 Å². The lowest BCUT2D eigenvalue weighted by atomic mass is 10.2. The van der Waals surface area contributed by atoms with Crippen LogP contribution in [0.1, 0.15) is 5.56 Å². The second kappa shape index (κ2) is 10.4. The molecule has 2 aliphatic heterocycles. The van der Waals surface area contributed by atoms with Crippen LogP contribution in [0.15, 0.2) is 93.7 Å². The van der Waals surface area contributed by atoms with Gasteiger partial charge in [0.15, 0.2) is 5.17 Å². The van der Waals surface area contributed by atoms with Crippen LogP contribution in [-0.2, 0) is 14.9 Å². The number of aliphatic imine (C=N–C) groups is 1. The van der Waals surface area contributed by atoms with Crippen molar-refractivity contribution in [3.8, 4) is 5.75 Å². The first-order valence-corrected chi connectivity index (χ1v) is 13.9. The Morgan fingerprint density at radius 2 is 1.58 bits per heavy atom. The van der Waals surface area contributed by atoms with Crippen molar-refractivity contribution in [1.29, 1.82) is 0 Å². The van der Waals surface area contributed by atoms with Crippen molar-refractivity contribution in [3.05, 3.63) is 94.4 Å². The molecule has 0 unspecified atom stereocenters. The van der Waals surface area contributed by atoms with Crippen LogP contribution in [0.3, 0.4) is 0 Å². The third-order valence-corrected chi connectivity index (χ3v) is 8.29. The molecule has 10 heteroatoms. The molecule has 0 bridgehead atoms. The van der Waals surface area contributed by atoms with Gasteiger partial charge in [0, 0.05) is 36.9 Å². The molecule has 2 heterocycles. The molecule has 184 valence electrons. The van der Waals surface area contributed by atoms with E-state index in [1.54, 1.807) is 48.5 Å². The van der Waals surface area contributed by atoms with Gasteiger partial charge in [0.25, 0.3) is 5.91 Å². The number of anilines is 1. The van der Waals surface area contributed by atoms with E-state index in [0.29, 0.717) is 15.1 Å². The lowest BCUT2D eigenvalue weighted by Gasteiger charge is -2.36. The van der Waals surface area contributed by atoms with Gasteiger partial charge in [-0.15, -0.1) is 0 Å². The smallest absolute Gasteiger partial charge is 0.339 e. The van der Waals surface area contributed by atoms with E-state index < -0.39 is 10.1 Å². The Bertz CT molecular complexity index is 1430. The summed E-state index contributed by atoms with van der Waals surface area (Å²) < 4.78 is 30.0. The predicted molar refractivity (Wildman–Crippen MR) is 144 cm³/mol. The summed E-state index contributed by atoms with van der Waals surface area (Å²) in [6.07, 6.45) is 1.75. The number of rotatable bonds is 5. The first-order valence-electron chi connectivity index (χ1n) is 11.2. The minimum absolute atomic E-state index is 0.0854. The summed E-state index contributed by atoms with van der Waals surface area (Å²) in [5, 5.41) is 1.41. The van der Waals surface area contributed by atoms with Gasteiger partial charge in [-0.3, -0.25) is 4.79 Å². The third-order valence-electron chi connectivity index (χ3n) is 5.75. The average Bonchev–Trinajstić information content (AvgIpc) is 3.25. The Hall–Kier alpha value is -3.27. The standard InChI is InChI=1S/C26H22ClN3O4S2/c27-20-5-4-6-21(18-20)29-13-15-30(16-14-29)26-28-25(31)24(35-26)17-19-9-11-22(12-10-19)34-36(32,33)23-7-2-1-3-8-23/h1-12,17-18H,13-16H2/b24-17-. The zero-order valence-corrected chi connectivity index (χ0v) is 21.5. The van der Waals surface area contributed by atoms with Gasteiger partial charge < -0.3 is 14.0 Å². The van der Waals surface area contributed by atoms with Gasteiger partial charge >= 0.3 is 10.1 Å². The molecule has 3 aromatic rings. The number of hydrogen-bond donors (Lipinski definition) is 0. The van der Waals surface area contributed by atoms with E-state index in [1.807, 2.05) is 24.3 Å². The predicted octanol–water partition coefficient (Wildman–Crippen LogP) is 4.90. The van der Waals surface area contributed by atoms with Crippen molar-refractivity contribution in [2.24, 2.45) is 4.99 Å². The fourth-order valence-corrected chi connectivity index (χ4v) is 6.00. The Balaban J connectivity index is 1.20. The number of halogens is 1. The van der Waals surface area contributed by atoms with Gasteiger partial charge in [-0.1, -0.05) is 48.0 Å². The van der Waals surface area contributed by atoms with Crippen LogP contribution in [0.25, 0.3) is 6.08 Å². The molecule has 0 N–H and O–H groups in total. The van der Waals surface area contributed by atoms with Crippen LogP contribution in [0, 0.1) is 0 Å². The van der Waals surface area contributed by atoms with Crippen LogP contribution in [-0.4, -0.2) is 50.6 Å². The molecular weight excluding hydrogens is 518 g/mol. The molecule has 0 saturated carbocycles. The molecule has 0 radical (unpaired) electrons. The van der Waals surface area contributed by atoms with Gasteiger partial charge in [0.1, 0.15) is 10.6 Å². The fraction of sp³-hybridized carbons (Fsp3) is 0.154. The summed E-state index contributed by atoms with van der Waals surface area (Å²) in [4.78, 5) is 21.8. The van der Waals surface area contributed by atoms with Gasteiger partial charge in [-0.05, 0) is 65.9 Å². The van der Waals surface area contributed by atoms with Crippen molar-refractivity contribution in [1.82, 2.24) is 4.90 Å². The zero-order valence-electron chi connectivity index (χ0n) is 19.1. The summed E-state index contributed by atoms with van der Waals surface area (Å²) in [6.45, 7) is 3.11. The normalized spacial score (nSPS) is 17.4. The minimum atomic E-state index is -3.91. The highest BCUT2D eigenvalue weighted by atomic mass is 35.5. The van der Waals surface area contributed by atoms with E-state index in [4.69, 9.17) is 15.8 Å². The molecule has 2 aliphatic rings. The minimum Gasteiger partial charge on any atom is -0.379 e. The maximum Gasteiger partial charge on any atom is 0.339 e. The highest BCUT2D eigenvalue weighted by Crippen LogP contribution is 2.32.